The lowest BCUT2D eigenvalue weighted by molar-refractivity contribution is 0.0777. The first-order chi connectivity index (χ1) is 13.6. The van der Waals surface area contributed by atoms with E-state index in [1.54, 1.807) is 23.1 Å². The molecule has 152 valence electrons. The Morgan fingerprint density at radius 1 is 1.14 bits per heavy atom. The van der Waals surface area contributed by atoms with Gasteiger partial charge in [-0.3, -0.25) is 4.79 Å². The van der Waals surface area contributed by atoms with E-state index in [4.69, 9.17) is 5.73 Å². The fourth-order valence-corrected chi connectivity index (χ4v) is 3.67. The van der Waals surface area contributed by atoms with E-state index in [0.717, 1.165) is 5.56 Å². The Morgan fingerprint density at radius 3 is 2.52 bits per heavy atom. The van der Waals surface area contributed by atoms with Crippen molar-refractivity contribution in [3.05, 3.63) is 77.6 Å². The van der Waals surface area contributed by atoms with Gasteiger partial charge in [0.15, 0.2) is 0 Å². The lowest BCUT2D eigenvalue weighted by Crippen LogP contribution is -2.32. The van der Waals surface area contributed by atoms with Gasteiger partial charge in [0.05, 0.1) is 0 Å². The molecule has 1 aromatic heterocycles. The molecule has 2 heterocycles. The maximum atomic E-state index is 14.2. The predicted octanol–water partition coefficient (Wildman–Crippen LogP) is 2.96. The van der Waals surface area contributed by atoms with Crippen LogP contribution in [0, 0.1) is 5.82 Å². The Balaban J connectivity index is 0.00000240. The quantitative estimate of drug-likeness (QED) is 0.710. The number of amides is 1. The highest BCUT2D eigenvalue weighted by molar-refractivity contribution is 5.91. The third kappa shape index (κ3) is 4.02. The lowest BCUT2D eigenvalue weighted by atomic mass is 9.95. The molecule has 0 unspecified atom stereocenters. The molecular formula is C21H23ClFN5O. The van der Waals surface area contributed by atoms with Gasteiger partial charge in [-0.2, -0.15) is 0 Å². The first-order valence-corrected chi connectivity index (χ1v) is 9.39. The number of nitrogens with two attached hydrogens (primary N) is 1. The van der Waals surface area contributed by atoms with E-state index >= 15 is 0 Å². The van der Waals surface area contributed by atoms with Crippen molar-refractivity contribution in [1.82, 2.24) is 19.7 Å². The standard InChI is InChI=1S/C21H22FN5O.ClH/c1-2-19-24-20(25-27(19)18-11-7-6-10-16(18)22)21(28)26-12-15(17(23)13-26)14-8-4-3-5-9-14;/h3-11,15,17H,2,12-13,23H2,1H3;1H/t15-,17+;/m0./s1. The number of carbonyl (C=O) groups is 1. The molecule has 8 heteroatoms. The zero-order valence-electron chi connectivity index (χ0n) is 16.0. The van der Waals surface area contributed by atoms with Gasteiger partial charge in [0, 0.05) is 31.5 Å². The van der Waals surface area contributed by atoms with Gasteiger partial charge in [-0.25, -0.2) is 14.1 Å². The van der Waals surface area contributed by atoms with Crippen molar-refractivity contribution in [3.63, 3.8) is 0 Å². The van der Waals surface area contributed by atoms with Gasteiger partial charge in [-0.05, 0) is 17.7 Å². The van der Waals surface area contributed by atoms with E-state index in [2.05, 4.69) is 10.1 Å². The first kappa shape index (κ1) is 21.0. The minimum atomic E-state index is -0.409. The second-order valence-corrected chi connectivity index (χ2v) is 6.96. The van der Waals surface area contributed by atoms with Crippen LogP contribution in [-0.2, 0) is 6.42 Å². The highest BCUT2D eigenvalue weighted by Gasteiger charge is 2.35. The molecule has 4 rings (SSSR count). The minimum Gasteiger partial charge on any atom is -0.334 e. The maximum Gasteiger partial charge on any atom is 0.293 e. The summed E-state index contributed by atoms with van der Waals surface area (Å²) >= 11 is 0. The van der Waals surface area contributed by atoms with Crippen molar-refractivity contribution in [2.24, 2.45) is 5.73 Å². The molecule has 0 saturated carbocycles. The molecule has 1 aliphatic rings. The highest BCUT2D eigenvalue weighted by atomic mass is 35.5. The summed E-state index contributed by atoms with van der Waals surface area (Å²) in [6.45, 7) is 2.85. The predicted molar refractivity (Wildman–Crippen MR) is 111 cm³/mol. The summed E-state index contributed by atoms with van der Waals surface area (Å²) in [4.78, 5) is 19.1. The number of aromatic nitrogens is 3. The molecule has 0 spiro atoms. The summed E-state index contributed by atoms with van der Waals surface area (Å²) < 4.78 is 15.6. The molecule has 1 aliphatic heterocycles. The topological polar surface area (TPSA) is 77.0 Å². The summed E-state index contributed by atoms with van der Waals surface area (Å²) in [6, 6.07) is 16.1. The highest BCUT2D eigenvalue weighted by Crippen LogP contribution is 2.27. The molecule has 2 atom stereocenters. The normalized spacial score (nSPS) is 18.5. The van der Waals surface area contributed by atoms with Crippen LogP contribution in [0.25, 0.3) is 5.69 Å². The van der Waals surface area contributed by atoms with Crippen LogP contribution in [0.4, 0.5) is 4.39 Å². The fourth-order valence-electron chi connectivity index (χ4n) is 3.67. The third-order valence-corrected chi connectivity index (χ3v) is 5.14. The van der Waals surface area contributed by atoms with Crippen LogP contribution in [0.3, 0.4) is 0 Å². The van der Waals surface area contributed by atoms with Crippen molar-refractivity contribution in [1.29, 1.82) is 0 Å². The van der Waals surface area contributed by atoms with Crippen LogP contribution in [0.5, 0.6) is 0 Å². The molecule has 3 aromatic rings. The monoisotopic (exact) mass is 415 g/mol. The van der Waals surface area contributed by atoms with Crippen LogP contribution in [0.15, 0.2) is 54.6 Å². The molecule has 6 nitrogen and oxygen atoms in total. The van der Waals surface area contributed by atoms with Crippen LogP contribution >= 0.6 is 12.4 Å². The second kappa shape index (κ2) is 8.71. The van der Waals surface area contributed by atoms with Gasteiger partial charge in [-0.1, -0.05) is 49.4 Å². The summed E-state index contributed by atoms with van der Waals surface area (Å²) in [5, 5.41) is 4.31. The van der Waals surface area contributed by atoms with Gasteiger partial charge < -0.3 is 10.6 Å². The number of benzene rings is 2. The van der Waals surface area contributed by atoms with Gasteiger partial charge >= 0.3 is 0 Å². The van der Waals surface area contributed by atoms with E-state index < -0.39 is 5.82 Å². The van der Waals surface area contributed by atoms with Gasteiger partial charge in [0.2, 0.25) is 5.82 Å². The number of para-hydroxylation sites is 1. The molecule has 1 fully saturated rings. The minimum absolute atomic E-state index is 0. The van der Waals surface area contributed by atoms with Gasteiger partial charge in [0.1, 0.15) is 17.3 Å². The van der Waals surface area contributed by atoms with Crippen LogP contribution in [0.1, 0.15) is 34.8 Å². The lowest BCUT2D eigenvalue weighted by Gasteiger charge is -2.14. The number of halogens is 2. The zero-order chi connectivity index (χ0) is 19.7. The van der Waals surface area contributed by atoms with Crippen LogP contribution in [0.2, 0.25) is 0 Å². The molecule has 1 amide bonds. The first-order valence-electron chi connectivity index (χ1n) is 9.39. The van der Waals surface area contributed by atoms with E-state index in [1.165, 1.54) is 10.7 Å². The van der Waals surface area contributed by atoms with E-state index in [0.29, 0.717) is 25.3 Å². The molecule has 29 heavy (non-hydrogen) atoms. The van der Waals surface area contributed by atoms with E-state index in [-0.39, 0.29) is 41.8 Å². The van der Waals surface area contributed by atoms with E-state index in [1.807, 2.05) is 37.3 Å². The van der Waals surface area contributed by atoms with Crippen molar-refractivity contribution in [2.45, 2.75) is 25.3 Å². The maximum absolute atomic E-state index is 14.2. The fraction of sp³-hybridized carbons (Fsp3) is 0.286. The molecule has 0 aliphatic carbocycles. The summed E-state index contributed by atoms with van der Waals surface area (Å²) in [5.74, 6) is -0.00544. The average molecular weight is 416 g/mol. The Hall–Kier alpha value is -2.77. The molecule has 0 radical (unpaired) electrons. The van der Waals surface area contributed by atoms with Crippen LogP contribution in [-0.4, -0.2) is 44.7 Å². The molecule has 1 saturated heterocycles. The van der Waals surface area contributed by atoms with Gasteiger partial charge in [0.25, 0.3) is 5.91 Å². The Bertz CT molecular complexity index is 994. The number of aryl methyl sites for hydroxylation is 1. The number of likely N-dealkylation sites (tertiary alicyclic amines) is 1. The summed E-state index contributed by atoms with van der Waals surface area (Å²) in [6.07, 6.45) is 0.529. The number of nitrogens with zero attached hydrogens (tertiary/aromatic N) is 4. The van der Waals surface area contributed by atoms with Crippen molar-refractivity contribution in [2.75, 3.05) is 13.1 Å². The SMILES string of the molecule is CCc1nc(C(=O)N2C[C@@H](N)[C@H](c3ccccc3)C2)nn1-c1ccccc1F.Cl. The van der Waals surface area contributed by atoms with Crippen molar-refractivity contribution in [3.8, 4) is 5.69 Å². The number of hydrogen-bond acceptors (Lipinski definition) is 4. The molecule has 2 aromatic carbocycles. The smallest absolute Gasteiger partial charge is 0.293 e. The molecule has 2 N–H and O–H groups in total. The zero-order valence-corrected chi connectivity index (χ0v) is 16.8. The van der Waals surface area contributed by atoms with Crippen molar-refractivity contribution >= 4 is 18.3 Å². The molecular weight excluding hydrogens is 393 g/mol. The average Bonchev–Trinajstić information content (AvgIpc) is 3.32. The third-order valence-electron chi connectivity index (χ3n) is 5.14. The summed E-state index contributed by atoms with van der Waals surface area (Å²) in [5.41, 5.74) is 7.70. The Labute approximate surface area is 175 Å². The largest absolute Gasteiger partial charge is 0.334 e. The Kier molecular flexibility index (Phi) is 6.30. The van der Waals surface area contributed by atoms with Crippen LogP contribution < -0.4 is 5.73 Å². The van der Waals surface area contributed by atoms with Crippen molar-refractivity contribution < 1.29 is 9.18 Å². The van der Waals surface area contributed by atoms with Gasteiger partial charge in [-0.15, -0.1) is 17.5 Å². The molecule has 0 bridgehead atoms. The number of carbonyl (C=O) groups excluding carboxylic acids is 1. The number of rotatable bonds is 4. The number of hydrogen-bond donors (Lipinski definition) is 1. The van der Waals surface area contributed by atoms with E-state index in [9.17, 15) is 9.18 Å². The Morgan fingerprint density at radius 2 is 1.83 bits per heavy atom. The second-order valence-electron chi connectivity index (χ2n) is 6.96. The summed E-state index contributed by atoms with van der Waals surface area (Å²) in [7, 11) is 0.